The van der Waals surface area contributed by atoms with E-state index >= 15 is 0 Å². The second-order valence-electron chi connectivity index (χ2n) is 5.51. The van der Waals surface area contributed by atoms with Crippen LogP contribution in [0.25, 0.3) is 11.1 Å². The molecule has 0 amide bonds. The van der Waals surface area contributed by atoms with Crippen molar-refractivity contribution in [2.75, 3.05) is 6.61 Å². The molecule has 0 fully saturated rings. The summed E-state index contributed by atoms with van der Waals surface area (Å²) >= 11 is 0. The number of ether oxygens (including phenoxy) is 1. The fourth-order valence-corrected chi connectivity index (χ4v) is 2.31. The average molecular weight is 304 g/mol. The van der Waals surface area contributed by atoms with E-state index in [-0.39, 0.29) is 11.3 Å². The van der Waals surface area contributed by atoms with E-state index in [1.807, 2.05) is 19.1 Å². The first-order valence-corrected chi connectivity index (χ1v) is 7.81. The van der Waals surface area contributed by atoms with E-state index in [4.69, 9.17) is 4.74 Å². The minimum atomic E-state index is -0.909. The van der Waals surface area contributed by atoms with E-state index in [9.17, 15) is 8.78 Å². The summed E-state index contributed by atoms with van der Waals surface area (Å²) < 4.78 is 33.7. The summed E-state index contributed by atoms with van der Waals surface area (Å²) in [5, 5.41) is 0. The topological polar surface area (TPSA) is 9.23 Å². The minimum Gasteiger partial charge on any atom is -0.490 e. The summed E-state index contributed by atoms with van der Waals surface area (Å²) in [6.45, 7) is 4.50. The number of rotatable bonds is 7. The smallest absolute Gasteiger partial charge is 0.201 e. The first kappa shape index (κ1) is 16.5. The molecule has 0 aromatic heterocycles. The predicted molar refractivity (Wildman–Crippen MR) is 86.2 cm³/mol. The summed E-state index contributed by atoms with van der Waals surface area (Å²) in [6.07, 6.45) is 4.16. The van der Waals surface area contributed by atoms with Gasteiger partial charge in [0.2, 0.25) is 5.82 Å². The van der Waals surface area contributed by atoms with Crippen LogP contribution in [0.2, 0.25) is 0 Å². The Balaban J connectivity index is 2.10. The van der Waals surface area contributed by atoms with Crippen molar-refractivity contribution in [3.63, 3.8) is 0 Å². The fourth-order valence-electron chi connectivity index (χ4n) is 2.31. The number of halogens is 2. The Morgan fingerprint density at radius 3 is 2.27 bits per heavy atom. The van der Waals surface area contributed by atoms with Crippen molar-refractivity contribution >= 4 is 0 Å². The number of benzene rings is 2. The molecular formula is C19H22F2O. The van der Waals surface area contributed by atoms with Crippen molar-refractivity contribution in [2.24, 2.45) is 0 Å². The van der Waals surface area contributed by atoms with Gasteiger partial charge in [-0.25, -0.2) is 4.39 Å². The lowest BCUT2D eigenvalue weighted by molar-refractivity contribution is 0.285. The highest BCUT2D eigenvalue weighted by atomic mass is 19.2. The van der Waals surface area contributed by atoms with Crippen LogP contribution in [-0.4, -0.2) is 6.61 Å². The lowest BCUT2D eigenvalue weighted by Crippen LogP contribution is -2.01. The van der Waals surface area contributed by atoms with Crippen LogP contribution in [-0.2, 0) is 0 Å². The quantitative estimate of drug-likeness (QED) is 0.579. The minimum absolute atomic E-state index is 0.00939. The van der Waals surface area contributed by atoms with E-state index in [1.165, 1.54) is 6.07 Å². The average Bonchev–Trinajstić information content (AvgIpc) is 2.52. The molecule has 0 spiro atoms. The van der Waals surface area contributed by atoms with Crippen molar-refractivity contribution in [1.82, 2.24) is 0 Å². The molecule has 22 heavy (non-hydrogen) atoms. The monoisotopic (exact) mass is 304 g/mol. The van der Waals surface area contributed by atoms with Gasteiger partial charge in [0.15, 0.2) is 11.6 Å². The molecule has 2 aromatic rings. The van der Waals surface area contributed by atoms with E-state index in [0.29, 0.717) is 12.2 Å². The molecule has 0 aliphatic rings. The van der Waals surface area contributed by atoms with E-state index in [2.05, 4.69) is 6.92 Å². The van der Waals surface area contributed by atoms with Gasteiger partial charge in [0.25, 0.3) is 0 Å². The number of hydrogen-bond donors (Lipinski definition) is 0. The second kappa shape index (κ2) is 7.92. The Kier molecular flexibility index (Phi) is 5.93. The van der Waals surface area contributed by atoms with Crippen LogP contribution in [0.1, 0.15) is 38.2 Å². The largest absolute Gasteiger partial charge is 0.490 e. The molecule has 0 atom stereocenters. The first-order valence-electron chi connectivity index (χ1n) is 7.81. The van der Waals surface area contributed by atoms with Gasteiger partial charge in [-0.1, -0.05) is 56.0 Å². The molecule has 0 aliphatic heterocycles. The highest BCUT2D eigenvalue weighted by Gasteiger charge is 2.15. The fraction of sp³-hybridized carbons (Fsp3) is 0.368. The molecule has 0 aliphatic carbocycles. The van der Waals surface area contributed by atoms with Crippen LogP contribution in [0, 0.1) is 18.6 Å². The molecule has 1 nitrogen and oxygen atoms in total. The van der Waals surface area contributed by atoms with Crippen LogP contribution in [0.15, 0.2) is 36.4 Å². The second-order valence-corrected chi connectivity index (χ2v) is 5.51. The maximum Gasteiger partial charge on any atom is 0.201 e. The van der Waals surface area contributed by atoms with Gasteiger partial charge in [-0.05, 0) is 31.0 Å². The Morgan fingerprint density at radius 1 is 0.864 bits per heavy atom. The molecular weight excluding hydrogens is 282 g/mol. The van der Waals surface area contributed by atoms with Crippen molar-refractivity contribution in [1.29, 1.82) is 0 Å². The lowest BCUT2D eigenvalue weighted by atomic mass is 10.0. The van der Waals surface area contributed by atoms with Gasteiger partial charge in [0, 0.05) is 5.56 Å². The number of unbranched alkanes of at least 4 members (excludes halogenated alkanes) is 3. The summed E-state index contributed by atoms with van der Waals surface area (Å²) in [7, 11) is 0. The third kappa shape index (κ3) is 4.06. The first-order chi connectivity index (χ1) is 10.6. The molecule has 3 heteroatoms. The Bertz CT molecular complexity index is 606. The molecule has 0 heterocycles. The maximum absolute atomic E-state index is 14.2. The van der Waals surface area contributed by atoms with Crippen LogP contribution < -0.4 is 4.74 Å². The van der Waals surface area contributed by atoms with Crippen molar-refractivity contribution in [3.8, 4) is 16.9 Å². The van der Waals surface area contributed by atoms with Gasteiger partial charge in [-0.2, -0.15) is 4.39 Å². The summed E-state index contributed by atoms with van der Waals surface area (Å²) in [4.78, 5) is 0. The van der Waals surface area contributed by atoms with E-state index < -0.39 is 11.6 Å². The molecule has 0 saturated heterocycles. The normalized spacial score (nSPS) is 10.7. The Hall–Kier alpha value is -1.90. The van der Waals surface area contributed by atoms with Crippen LogP contribution in [0.4, 0.5) is 8.78 Å². The van der Waals surface area contributed by atoms with Gasteiger partial charge < -0.3 is 4.74 Å². The van der Waals surface area contributed by atoms with Crippen LogP contribution in [0.3, 0.4) is 0 Å². The Morgan fingerprint density at radius 2 is 1.59 bits per heavy atom. The van der Waals surface area contributed by atoms with E-state index in [0.717, 1.165) is 31.2 Å². The zero-order chi connectivity index (χ0) is 15.9. The predicted octanol–water partition coefficient (Wildman–Crippen LogP) is 5.90. The summed E-state index contributed by atoms with van der Waals surface area (Å²) in [5.74, 6) is -1.77. The van der Waals surface area contributed by atoms with Crippen molar-refractivity contribution in [2.45, 2.75) is 39.5 Å². The maximum atomic E-state index is 14.2. The van der Waals surface area contributed by atoms with Crippen LogP contribution in [0.5, 0.6) is 5.75 Å². The van der Waals surface area contributed by atoms with Crippen molar-refractivity contribution < 1.29 is 13.5 Å². The van der Waals surface area contributed by atoms with Gasteiger partial charge >= 0.3 is 0 Å². The van der Waals surface area contributed by atoms with Gasteiger partial charge in [0.05, 0.1) is 6.61 Å². The molecule has 0 bridgehead atoms. The summed E-state index contributed by atoms with van der Waals surface area (Å²) in [5.41, 5.74) is 2.00. The highest BCUT2D eigenvalue weighted by molar-refractivity contribution is 5.65. The third-order valence-electron chi connectivity index (χ3n) is 3.66. The number of hydrogen-bond acceptors (Lipinski definition) is 1. The highest BCUT2D eigenvalue weighted by Crippen LogP contribution is 2.30. The van der Waals surface area contributed by atoms with Gasteiger partial charge in [0.1, 0.15) is 0 Å². The molecule has 2 aromatic carbocycles. The Labute approximate surface area is 130 Å². The zero-order valence-corrected chi connectivity index (χ0v) is 13.2. The van der Waals surface area contributed by atoms with Gasteiger partial charge in [-0.3, -0.25) is 0 Å². The molecule has 0 N–H and O–H groups in total. The SMILES string of the molecule is CCCCCCOc1ccc(-c2ccc(C)cc2)c(F)c1F. The lowest BCUT2D eigenvalue weighted by Gasteiger charge is -2.10. The third-order valence-corrected chi connectivity index (χ3v) is 3.66. The molecule has 0 unspecified atom stereocenters. The molecule has 0 radical (unpaired) electrons. The standard InChI is InChI=1S/C19H22F2O/c1-3-4-5-6-13-22-17-12-11-16(18(20)19(17)21)15-9-7-14(2)8-10-15/h7-12H,3-6,13H2,1-2H3. The summed E-state index contributed by atoms with van der Waals surface area (Å²) in [6, 6.07) is 10.4. The zero-order valence-electron chi connectivity index (χ0n) is 13.2. The number of aryl methyl sites for hydroxylation is 1. The molecule has 0 saturated carbocycles. The van der Waals surface area contributed by atoms with Crippen molar-refractivity contribution in [3.05, 3.63) is 53.6 Å². The van der Waals surface area contributed by atoms with Gasteiger partial charge in [-0.15, -0.1) is 0 Å². The van der Waals surface area contributed by atoms with E-state index in [1.54, 1.807) is 18.2 Å². The molecule has 2 rings (SSSR count). The molecule has 118 valence electrons. The van der Waals surface area contributed by atoms with Crippen LogP contribution >= 0.6 is 0 Å².